The Morgan fingerprint density at radius 1 is 0.966 bits per heavy atom. The molecule has 4 rings (SSSR count). The fraction of sp³-hybridized carbons (Fsp3) is 0.478. The number of carbonyl (C=O) groups is 1. The molecule has 2 aliphatic heterocycles. The Labute approximate surface area is 172 Å². The minimum absolute atomic E-state index is 0.0595. The second kappa shape index (κ2) is 8.80. The zero-order valence-electron chi connectivity index (χ0n) is 17.1. The van der Waals surface area contributed by atoms with Crippen molar-refractivity contribution in [3.8, 4) is 0 Å². The third-order valence-corrected chi connectivity index (χ3v) is 6.16. The quantitative estimate of drug-likeness (QED) is 0.785. The van der Waals surface area contributed by atoms with E-state index in [4.69, 9.17) is 0 Å². The van der Waals surface area contributed by atoms with Crippen LogP contribution in [-0.4, -0.2) is 54.6 Å². The summed E-state index contributed by atoms with van der Waals surface area (Å²) >= 11 is 0. The van der Waals surface area contributed by atoms with Crippen LogP contribution in [0.15, 0.2) is 42.6 Å². The summed E-state index contributed by atoms with van der Waals surface area (Å²) in [5.74, 6) is -0.146. The number of anilines is 2. The highest BCUT2D eigenvalue weighted by molar-refractivity contribution is 5.92. The molecule has 0 radical (unpaired) electrons. The smallest absolute Gasteiger partial charge is 0.272 e. The normalized spacial score (nSPS) is 20.1. The minimum atomic E-state index is -0.206. The standard InChI is InChI=1S/C23H29FN4O/c1-2-19-5-3-4-12-28(19)23(29)22-11-10-21(17-25-22)27-15-13-26(14-16-27)20-8-6-18(24)7-9-20/h6-11,17,19H,2-5,12-16H2,1H3. The zero-order chi connectivity index (χ0) is 20.2. The highest BCUT2D eigenvalue weighted by Crippen LogP contribution is 2.23. The summed E-state index contributed by atoms with van der Waals surface area (Å²) in [6.07, 6.45) is 6.21. The van der Waals surface area contributed by atoms with E-state index < -0.39 is 0 Å². The molecular weight excluding hydrogens is 367 g/mol. The van der Waals surface area contributed by atoms with E-state index in [9.17, 15) is 9.18 Å². The highest BCUT2D eigenvalue weighted by atomic mass is 19.1. The molecule has 5 nitrogen and oxygen atoms in total. The van der Waals surface area contributed by atoms with Gasteiger partial charge in [0.15, 0.2) is 0 Å². The van der Waals surface area contributed by atoms with E-state index >= 15 is 0 Å². The Bertz CT molecular complexity index is 816. The van der Waals surface area contributed by atoms with Gasteiger partial charge in [0, 0.05) is 44.5 Å². The van der Waals surface area contributed by atoms with Gasteiger partial charge in [-0.3, -0.25) is 4.79 Å². The summed E-state index contributed by atoms with van der Waals surface area (Å²) in [5, 5.41) is 0. The van der Waals surface area contributed by atoms with Gasteiger partial charge in [0.05, 0.1) is 11.9 Å². The second-order valence-electron chi connectivity index (χ2n) is 7.91. The van der Waals surface area contributed by atoms with Crippen molar-refractivity contribution in [2.24, 2.45) is 0 Å². The third-order valence-electron chi connectivity index (χ3n) is 6.16. The van der Waals surface area contributed by atoms with Crippen molar-refractivity contribution in [1.29, 1.82) is 0 Å². The van der Waals surface area contributed by atoms with Gasteiger partial charge in [-0.25, -0.2) is 9.37 Å². The molecule has 0 spiro atoms. The molecule has 0 bridgehead atoms. The number of piperazine rings is 1. The number of hydrogen-bond donors (Lipinski definition) is 0. The van der Waals surface area contributed by atoms with Gasteiger partial charge in [-0.1, -0.05) is 6.92 Å². The number of carbonyl (C=O) groups excluding carboxylic acids is 1. The Morgan fingerprint density at radius 2 is 1.62 bits per heavy atom. The molecule has 29 heavy (non-hydrogen) atoms. The fourth-order valence-corrected chi connectivity index (χ4v) is 4.41. The Morgan fingerprint density at radius 3 is 2.24 bits per heavy atom. The Balaban J connectivity index is 1.37. The van der Waals surface area contributed by atoms with Crippen LogP contribution in [-0.2, 0) is 0 Å². The average molecular weight is 397 g/mol. The number of amides is 1. The molecule has 2 aliphatic rings. The first-order chi connectivity index (χ1) is 14.2. The van der Waals surface area contributed by atoms with E-state index in [1.165, 1.54) is 18.6 Å². The van der Waals surface area contributed by atoms with Crippen LogP contribution >= 0.6 is 0 Å². The van der Waals surface area contributed by atoms with E-state index in [0.717, 1.165) is 63.4 Å². The lowest BCUT2D eigenvalue weighted by Crippen LogP contribution is -2.46. The van der Waals surface area contributed by atoms with E-state index in [1.807, 2.05) is 35.4 Å². The predicted octanol–water partition coefficient (Wildman–Crippen LogP) is 3.95. The molecule has 1 aromatic carbocycles. The Kier molecular flexibility index (Phi) is 5.97. The number of rotatable bonds is 4. The van der Waals surface area contributed by atoms with Gasteiger partial charge in [0.25, 0.3) is 5.91 Å². The number of aromatic nitrogens is 1. The number of benzene rings is 1. The lowest BCUT2D eigenvalue weighted by molar-refractivity contribution is 0.0602. The lowest BCUT2D eigenvalue weighted by atomic mass is 9.99. The molecule has 1 atom stereocenters. The zero-order valence-corrected chi connectivity index (χ0v) is 17.1. The number of hydrogen-bond acceptors (Lipinski definition) is 4. The average Bonchev–Trinajstić information content (AvgIpc) is 2.79. The molecule has 1 amide bonds. The van der Waals surface area contributed by atoms with Crippen LogP contribution in [0.25, 0.3) is 0 Å². The van der Waals surface area contributed by atoms with Crippen LogP contribution in [0.2, 0.25) is 0 Å². The van der Waals surface area contributed by atoms with Crippen molar-refractivity contribution in [1.82, 2.24) is 9.88 Å². The van der Waals surface area contributed by atoms with E-state index in [2.05, 4.69) is 21.7 Å². The Hall–Kier alpha value is -2.63. The van der Waals surface area contributed by atoms with Gasteiger partial charge in [0.1, 0.15) is 11.5 Å². The first-order valence-electron chi connectivity index (χ1n) is 10.7. The molecule has 154 valence electrons. The summed E-state index contributed by atoms with van der Waals surface area (Å²) in [6.45, 7) is 6.48. The molecule has 2 fully saturated rings. The molecule has 2 aromatic rings. The lowest BCUT2D eigenvalue weighted by Gasteiger charge is -2.37. The molecular formula is C23H29FN4O. The van der Waals surface area contributed by atoms with Gasteiger partial charge in [-0.2, -0.15) is 0 Å². The van der Waals surface area contributed by atoms with Crippen molar-refractivity contribution >= 4 is 17.3 Å². The first kappa shape index (κ1) is 19.7. The number of halogens is 1. The van der Waals surface area contributed by atoms with Gasteiger partial charge in [-0.15, -0.1) is 0 Å². The molecule has 1 aromatic heterocycles. The van der Waals surface area contributed by atoms with Gasteiger partial charge >= 0.3 is 0 Å². The van der Waals surface area contributed by atoms with Crippen LogP contribution in [0.1, 0.15) is 43.1 Å². The number of likely N-dealkylation sites (tertiary alicyclic amines) is 1. The minimum Gasteiger partial charge on any atom is -0.368 e. The second-order valence-corrected chi connectivity index (χ2v) is 7.91. The largest absolute Gasteiger partial charge is 0.368 e. The van der Waals surface area contributed by atoms with Crippen molar-refractivity contribution in [2.75, 3.05) is 42.5 Å². The topological polar surface area (TPSA) is 39.7 Å². The van der Waals surface area contributed by atoms with Crippen LogP contribution < -0.4 is 9.80 Å². The first-order valence-corrected chi connectivity index (χ1v) is 10.7. The van der Waals surface area contributed by atoms with Crippen molar-refractivity contribution in [3.05, 3.63) is 54.1 Å². The summed E-state index contributed by atoms with van der Waals surface area (Å²) < 4.78 is 13.1. The van der Waals surface area contributed by atoms with Crippen molar-refractivity contribution < 1.29 is 9.18 Å². The summed E-state index contributed by atoms with van der Waals surface area (Å²) in [6, 6.07) is 10.9. The molecule has 6 heteroatoms. The van der Waals surface area contributed by atoms with Crippen LogP contribution in [0.3, 0.4) is 0 Å². The van der Waals surface area contributed by atoms with E-state index in [0.29, 0.717) is 11.7 Å². The maximum absolute atomic E-state index is 13.1. The van der Waals surface area contributed by atoms with Gasteiger partial charge in [0.2, 0.25) is 0 Å². The fourth-order valence-electron chi connectivity index (χ4n) is 4.41. The van der Waals surface area contributed by atoms with Gasteiger partial charge < -0.3 is 14.7 Å². The molecule has 2 saturated heterocycles. The molecule has 0 saturated carbocycles. The van der Waals surface area contributed by atoms with Crippen molar-refractivity contribution in [3.63, 3.8) is 0 Å². The molecule has 0 N–H and O–H groups in total. The third kappa shape index (κ3) is 4.36. The van der Waals surface area contributed by atoms with Crippen LogP contribution in [0.5, 0.6) is 0 Å². The summed E-state index contributed by atoms with van der Waals surface area (Å²) in [4.78, 5) is 24.0. The molecule has 1 unspecified atom stereocenters. The summed E-state index contributed by atoms with van der Waals surface area (Å²) in [5.41, 5.74) is 2.64. The number of piperidine rings is 1. The molecule has 3 heterocycles. The number of nitrogens with zero attached hydrogens (tertiary/aromatic N) is 4. The highest BCUT2D eigenvalue weighted by Gasteiger charge is 2.27. The van der Waals surface area contributed by atoms with Crippen LogP contribution in [0, 0.1) is 5.82 Å². The van der Waals surface area contributed by atoms with Crippen molar-refractivity contribution in [2.45, 2.75) is 38.6 Å². The predicted molar refractivity (Wildman–Crippen MR) is 114 cm³/mol. The SMILES string of the molecule is CCC1CCCCN1C(=O)c1ccc(N2CCN(c3ccc(F)cc3)CC2)cn1. The maximum atomic E-state index is 13.1. The maximum Gasteiger partial charge on any atom is 0.272 e. The van der Waals surface area contributed by atoms with E-state index in [1.54, 1.807) is 0 Å². The van der Waals surface area contributed by atoms with E-state index in [-0.39, 0.29) is 11.7 Å². The number of pyridine rings is 1. The monoisotopic (exact) mass is 396 g/mol. The molecule has 0 aliphatic carbocycles. The summed E-state index contributed by atoms with van der Waals surface area (Å²) in [7, 11) is 0. The van der Waals surface area contributed by atoms with Gasteiger partial charge in [-0.05, 0) is 62.1 Å². The van der Waals surface area contributed by atoms with Crippen LogP contribution in [0.4, 0.5) is 15.8 Å².